The molecule has 2 aliphatic heterocycles. The molecule has 2 aromatic rings. The van der Waals surface area contributed by atoms with E-state index in [4.69, 9.17) is 0 Å². The molecule has 26 heavy (non-hydrogen) atoms. The molecule has 2 unspecified atom stereocenters. The average molecular weight is 375 g/mol. The zero-order chi connectivity index (χ0) is 18.1. The highest BCUT2D eigenvalue weighted by atomic mass is 32.2. The van der Waals surface area contributed by atoms with Crippen LogP contribution in [-0.4, -0.2) is 57.9 Å². The Morgan fingerprint density at radius 3 is 2.73 bits per heavy atom. The van der Waals surface area contributed by atoms with Crippen molar-refractivity contribution >= 4 is 21.7 Å². The number of benzene rings is 1. The molecule has 0 aliphatic carbocycles. The molecule has 2 aliphatic rings. The molecule has 3 heterocycles. The van der Waals surface area contributed by atoms with Gasteiger partial charge in [0.2, 0.25) is 0 Å². The van der Waals surface area contributed by atoms with Gasteiger partial charge in [0.15, 0.2) is 15.7 Å². The van der Waals surface area contributed by atoms with Crippen molar-refractivity contribution in [1.29, 1.82) is 0 Å². The third-order valence-corrected chi connectivity index (χ3v) is 7.85. The summed E-state index contributed by atoms with van der Waals surface area (Å²) < 4.78 is 26.3. The highest BCUT2D eigenvalue weighted by Crippen LogP contribution is 2.33. The molecule has 0 radical (unpaired) electrons. The first-order valence-corrected chi connectivity index (χ1v) is 10.4. The van der Waals surface area contributed by atoms with Gasteiger partial charge >= 0.3 is 6.03 Å². The van der Waals surface area contributed by atoms with Crippen molar-refractivity contribution in [1.82, 2.24) is 19.9 Å². The highest BCUT2D eigenvalue weighted by molar-refractivity contribution is 7.93. The normalized spacial score (nSPS) is 24.2. The number of hydrogen-bond donors (Lipinski definition) is 1. The smallest absolute Gasteiger partial charge is 0.323 e. The molecule has 1 N–H and O–H groups in total. The molecule has 2 amide bonds. The van der Waals surface area contributed by atoms with Crippen LogP contribution in [0.25, 0.3) is 0 Å². The average Bonchev–Trinajstić information content (AvgIpc) is 3.09. The number of amides is 2. The number of anilines is 1. The quantitative estimate of drug-likeness (QED) is 0.877. The van der Waals surface area contributed by atoms with Crippen molar-refractivity contribution in [2.75, 3.05) is 18.4 Å². The van der Waals surface area contributed by atoms with Gasteiger partial charge in [0.1, 0.15) is 0 Å². The number of carbonyl (C=O) groups is 1. The molecule has 8 nitrogen and oxygen atoms in total. The van der Waals surface area contributed by atoms with Gasteiger partial charge in [-0.25, -0.2) is 17.9 Å². The lowest BCUT2D eigenvalue weighted by atomic mass is 10.1. The number of rotatable bonds is 3. The van der Waals surface area contributed by atoms with Crippen molar-refractivity contribution in [3.63, 3.8) is 0 Å². The van der Waals surface area contributed by atoms with Crippen LogP contribution >= 0.6 is 0 Å². The van der Waals surface area contributed by atoms with Crippen molar-refractivity contribution in [3.05, 3.63) is 42.1 Å². The summed E-state index contributed by atoms with van der Waals surface area (Å²) in [6.45, 7) is 1.27. The van der Waals surface area contributed by atoms with E-state index in [0.717, 1.165) is 12.0 Å². The Balaban J connectivity index is 1.39. The van der Waals surface area contributed by atoms with Crippen LogP contribution in [0.3, 0.4) is 0 Å². The number of nitrogens with zero attached hydrogens (tertiary/aromatic N) is 4. The van der Waals surface area contributed by atoms with Crippen LogP contribution in [0.15, 0.2) is 36.5 Å². The summed E-state index contributed by atoms with van der Waals surface area (Å²) in [4.78, 5) is 14.1. The standard InChI is InChI=1S/C17H21N5O3S/c23-17(21-9-8-14-6-7-15(11-21)26(14,24)25)18-16-12-22(20-19-16)10-13-4-2-1-3-5-13/h1-5,12,14-15H,6-11H2,(H,18,23). The SMILES string of the molecule is O=C(Nc1cn(Cc2ccccc2)nn1)N1CCC2CCC(C1)S2(=O)=O. The summed E-state index contributed by atoms with van der Waals surface area (Å²) in [6, 6.07) is 9.52. The van der Waals surface area contributed by atoms with Gasteiger partial charge in [0.25, 0.3) is 0 Å². The molecule has 2 fully saturated rings. The van der Waals surface area contributed by atoms with E-state index in [1.54, 1.807) is 15.8 Å². The number of urea groups is 1. The van der Waals surface area contributed by atoms with Gasteiger partial charge in [-0.2, -0.15) is 0 Å². The van der Waals surface area contributed by atoms with Crippen LogP contribution in [-0.2, 0) is 16.4 Å². The minimum absolute atomic E-state index is 0.253. The van der Waals surface area contributed by atoms with E-state index in [-0.39, 0.29) is 17.8 Å². The summed E-state index contributed by atoms with van der Waals surface area (Å²) in [6.07, 6.45) is 3.54. The van der Waals surface area contributed by atoms with E-state index in [2.05, 4.69) is 15.6 Å². The Kier molecular flexibility index (Phi) is 4.39. The van der Waals surface area contributed by atoms with E-state index in [1.165, 1.54) is 0 Å². The van der Waals surface area contributed by atoms with Crippen molar-refractivity contribution in [3.8, 4) is 0 Å². The fourth-order valence-corrected chi connectivity index (χ4v) is 5.98. The minimum Gasteiger partial charge on any atom is -0.323 e. The zero-order valence-corrected chi connectivity index (χ0v) is 15.1. The number of likely N-dealkylation sites (tertiary alicyclic amines) is 1. The van der Waals surface area contributed by atoms with E-state index in [0.29, 0.717) is 31.7 Å². The predicted octanol–water partition coefficient (Wildman–Crippen LogP) is 1.51. The number of sulfone groups is 1. The first-order valence-electron chi connectivity index (χ1n) is 8.75. The molecule has 0 saturated carbocycles. The number of aromatic nitrogens is 3. The Labute approximate surface area is 152 Å². The maximum absolute atomic E-state index is 12.5. The second-order valence-corrected chi connectivity index (χ2v) is 9.37. The Morgan fingerprint density at radius 1 is 1.15 bits per heavy atom. The topological polar surface area (TPSA) is 97.2 Å². The number of nitrogens with one attached hydrogen (secondary N) is 1. The molecule has 138 valence electrons. The van der Waals surface area contributed by atoms with Gasteiger partial charge in [0.05, 0.1) is 23.2 Å². The fourth-order valence-electron chi connectivity index (χ4n) is 3.69. The van der Waals surface area contributed by atoms with E-state index >= 15 is 0 Å². The van der Waals surface area contributed by atoms with Gasteiger partial charge in [-0.3, -0.25) is 5.32 Å². The molecule has 1 aromatic carbocycles. The van der Waals surface area contributed by atoms with Gasteiger partial charge in [-0.05, 0) is 24.8 Å². The fraction of sp³-hybridized carbons (Fsp3) is 0.471. The largest absolute Gasteiger partial charge is 0.323 e. The highest BCUT2D eigenvalue weighted by Gasteiger charge is 2.44. The lowest BCUT2D eigenvalue weighted by Crippen LogP contribution is -2.40. The Bertz CT molecular complexity index is 896. The molecule has 2 bridgehead atoms. The Hall–Kier alpha value is -2.42. The summed E-state index contributed by atoms with van der Waals surface area (Å²) in [5, 5.41) is 10.0. The van der Waals surface area contributed by atoms with Crippen LogP contribution in [0.2, 0.25) is 0 Å². The van der Waals surface area contributed by atoms with E-state index in [1.807, 2.05) is 30.3 Å². The van der Waals surface area contributed by atoms with Crippen LogP contribution in [0.4, 0.5) is 10.6 Å². The van der Waals surface area contributed by atoms with Crippen LogP contribution in [0, 0.1) is 0 Å². The molecule has 2 saturated heterocycles. The molecule has 9 heteroatoms. The summed E-state index contributed by atoms with van der Waals surface area (Å²) in [7, 11) is -3.09. The molecule has 2 atom stereocenters. The lowest BCUT2D eigenvalue weighted by Gasteiger charge is -2.23. The zero-order valence-electron chi connectivity index (χ0n) is 14.3. The summed E-state index contributed by atoms with van der Waals surface area (Å²) in [5.74, 6) is 0.364. The van der Waals surface area contributed by atoms with Crippen molar-refractivity contribution in [2.24, 2.45) is 0 Å². The van der Waals surface area contributed by atoms with E-state index in [9.17, 15) is 13.2 Å². The van der Waals surface area contributed by atoms with Crippen LogP contribution < -0.4 is 5.32 Å². The molecule has 4 rings (SSSR count). The van der Waals surface area contributed by atoms with Gasteiger partial charge in [0, 0.05) is 13.1 Å². The maximum atomic E-state index is 12.5. The summed E-state index contributed by atoms with van der Waals surface area (Å²) in [5.41, 5.74) is 1.09. The Morgan fingerprint density at radius 2 is 1.92 bits per heavy atom. The lowest BCUT2D eigenvalue weighted by molar-refractivity contribution is 0.209. The minimum atomic E-state index is -3.09. The second kappa shape index (κ2) is 6.71. The second-order valence-electron chi connectivity index (χ2n) is 6.86. The summed E-state index contributed by atoms with van der Waals surface area (Å²) >= 11 is 0. The molecule has 1 aromatic heterocycles. The van der Waals surface area contributed by atoms with Crippen LogP contribution in [0.1, 0.15) is 24.8 Å². The third kappa shape index (κ3) is 3.31. The first-order chi connectivity index (χ1) is 12.5. The first kappa shape index (κ1) is 17.0. The number of hydrogen-bond acceptors (Lipinski definition) is 5. The van der Waals surface area contributed by atoms with E-state index < -0.39 is 15.1 Å². The number of carbonyl (C=O) groups excluding carboxylic acids is 1. The number of fused-ring (bicyclic) bond motifs is 2. The predicted molar refractivity (Wildman–Crippen MR) is 96.5 cm³/mol. The molecule has 0 spiro atoms. The van der Waals surface area contributed by atoms with Crippen molar-refractivity contribution < 1.29 is 13.2 Å². The molecular formula is C17H21N5O3S. The van der Waals surface area contributed by atoms with Gasteiger partial charge in [-0.15, -0.1) is 5.10 Å². The van der Waals surface area contributed by atoms with Gasteiger partial charge < -0.3 is 4.90 Å². The maximum Gasteiger partial charge on any atom is 0.323 e. The third-order valence-electron chi connectivity index (χ3n) is 5.13. The monoisotopic (exact) mass is 375 g/mol. The van der Waals surface area contributed by atoms with Crippen LogP contribution in [0.5, 0.6) is 0 Å². The molecular weight excluding hydrogens is 354 g/mol. The van der Waals surface area contributed by atoms with Gasteiger partial charge in [-0.1, -0.05) is 35.5 Å². The van der Waals surface area contributed by atoms with Crippen molar-refractivity contribution in [2.45, 2.75) is 36.3 Å².